The number of hydrogen-bond acceptors (Lipinski definition) is 6. The standard InChI is InChI=1S/C23H22N2O6/c1-13(25-21(27)17-11-15-7-3-5-9-19(15)31-23(17)29)12-24-20(26)16-10-14-6-2-4-8-18(14)30-22(16)28/h2-11,13-15,18-19H,12H2,1H3,(H,24,26)(H,25,27). The summed E-state index contributed by atoms with van der Waals surface area (Å²) in [4.78, 5) is 49.2. The van der Waals surface area contributed by atoms with Crippen LogP contribution in [0.2, 0.25) is 0 Å². The molecule has 2 aliphatic heterocycles. The summed E-state index contributed by atoms with van der Waals surface area (Å²) in [5, 5.41) is 5.29. The van der Waals surface area contributed by atoms with Crippen molar-refractivity contribution in [2.45, 2.75) is 25.2 Å². The third kappa shape index (κ3) is 4.42. The summed E-state index contributed by atoms with van der Waals surface area (Å²) in [5.41, 5.74) is -0.136. The van der Waals surface area contributed by atoms with Gasteiger partial charge in [0, 0.05) is 24.4 Å². The van der Waals surface area contributed by atoms with Crippen LogP contribution in [0.3, 0.4) is 0 Å². The van der Waals surface area contributed by atoms with Crippen molar-refractivity contribution in [3.63, 3.8) is 0 Å². The lowest BCUT2D eigenvalue weighted by molar-refractivity contribution is -0.147. The molecule has 8 nitrogen and oxygen atoms in total. The van der Waals surface area contributed by atoms with Gasteiger partial charge < -0.3 is 20.1 Å². The first-order chi connectivity index (χ1) is 14.9. The number of fused-ring (bicyclic) bond motifs is 2. The lowest BCUT2D eigenvalue weighted by Gasteiger charge is -2.28. The van der Waals surface area contributed by atoms with Gasteiger partial charge in [-0.25, -0.2) is 9.59 Å². The number of carbonyl (C=O) groups excluding carboxylic acids is 4. The highest BCUT2D eigenvalue weighted by Crippen LogP contribution is 2.26. The SMILES string of the molecule is CC(CNC(=O)C1=CC2C=CC=CC2OC1=O)NC(=O)C1=CC2C=CC=CC2OC1=O. The first-order valence-corrected chi connectivity index (χ1v) is 10.1. The molecule has 0 radical (unpaired) electrons. The second-order valence-electron chi connectivity index (χ2n) is 7.68. The second kappa shape index (κ2) is 8.59. The molecule has 0 fully saturated rings. The Balaban J connectivity index is 1.32. The van der Waals surface area contributed by atoms with E-state index in [1.54, 1.807) is 43.4 Å². The lowest BCUT2D eigenvalue weighted by Crippen LogP contribution is -2.46. The summed E-state index contributed by atoms with van der Waals surface area (Å²) in [6, 6.07) is -0.491. The molecule has 0 bridgehead atoms. The number of allylic oxidation sites excluding steroid dienone is 4. The molecule has 31 heavy (non-hydrogen) atoms. The summed E-state index contributed by atoms with van der Waals surface area (Å²) in [6.45, 7) is 1.74. The van der Waals surface area contributed by atoms with Crippen molar-refractivity contribution >= 4 is 23.8 Å². The Morgan fingerprint density at radius 3 is 1.87 bits per heavy atom. The fraction of sp³-hybridized carbons (Fsp3) is 0.304. The smallest absolute Gasteiger partial charge is 0.344 e. The molecule has 8 heteroatoms. The Hall–Kier alpha value is -3.68. The lowest BCUT2D eigenvalue weighted by atomic mass is 9.92. The number of nitrogens with one attached hydrogen (secondary N) is 2. The third-order valence-corrected chi connectivity index (χ3v) is 5.33. The van der Waals surface area contributed by atoms with Gasteiger partial charge in [-0.05, 0) is 19.1 Å². The number of hydrogen-bond donors (Lipinski definition) is 2. The van der Waals surface area contributed by atoms with Crippen LogP contribution in [0.1, 0.15) is 6.92 Å². The fourth-order valence-corrected chi connectivity index (χ4v) is 3.67. The molecule has 2 heterocycles. The monoisotopic (exact) mass is 422 g/mol. The Morgan fingerprint density at radius 1 is 0.839 bits per heavy atom. The highest BCUT2D eigenvalue weighted by atomic mass is 16.5. The van der Waals surface area contributed by atoms with Crippen LogP contribution in [0, 0.1) is 11.8 Å². The van der Waals surface area contributed by atoms with Crippen LogP contribution < -0.4 is 10.6 Å². The van der Waals surface area contributed by atoms with Gasteiger partial charge in [0.25, 0.3) is 11.8 Å². The Morgan fingerprint density at radius 2 is 1.32 bits per heavy atom. The molecule has 160 valence electrons. The van der Waals surface area contributed by atoms with Crippen LogP contribution in [0.15, 0.2) is 71.9 Å². The number of esters is 2. The van der Waals surface area contributed by atoms with Crippen LogP contribution in [0.25, 0.3) is 0 Å². The molecule has 0 spiro atoms. The van der Waals surface area contributed by atoms with Crippen molar-refractivity contribution in [1.29, 1.82) is 0 Å². The van der Waals surface area contributed by atoms with E-state index in [1.165, 1.54) is 0 Å². The van der Waals surface area contributed by atoms with Crippen molar-refractivity contribution in [3.05, 3.63) is 71.9 Å². The van der Waals surface area contributed by atoms with Crippen molar-refractivity contribution in [2.75, 3.05) is 6.54 Å². The van der Waals surface area contributed by atoms with Gasteiger partial charge >= 0.3 is 11.9 Å². The molecular formula is C23H22N2O6. The molecule has 2 N–H and O–H groups in total. The first kappa shape index (κ1) is 20.6. The van der Waals surface area contributed by atoms with E-state index in [4.69, 9.17) is 9.47 Å². The van der Waals surface area contributed by atoms with Gasteiger partial charge in [0.2, 0.25) is 0 Å². The number of carbonyl (C=O) groups is 4. The van der Waals surface area contributed by atoms with Gasteiger partial charge in [-0.1, -0.05) is 48.6 Å². The minimum absolute atomic E-state index is 0.0655. The minimum atomic E-state index is -0.686. The number of amides is 2. The molecule has 0 aromatic heterocycles. The highest BCUT2D eigenvalue weighted by molar-refractivity contribution is 6.17. The molecule has 0 saturated carbocycles. The van der Waals surface area contributed by atoms with Crippen molar-refractivity contribution in [1.82, 2.24) is 10.6 Å². The quantitative estimate of drug-likeness (QED) is 0.501. The largest absolute Gasteiger partial charge is 0.453 e. The topological polar surface area (TPSA) is 111 Å². The molecule has 5 unspecified atom stereocenters. The fourth-order valence-electron chi connectivity index (χ4n) is 3.67. The number of rotatable bonds is 5. The van der Waals surface area contributed by atoms with Crippen LogP contribution in [-0.4, -0.2) is 48.5 Å². The maximum atomic E-state index is 12.5. The molecule has 0 aromatic carbocycles. The van der Waals surface area contributed by atoms with Gasteiger partial charge in [-0.2, -0.15) is 0 Å². The van der Waals surface area contributed by atoms with Gasteiger partial charge in [0.15, 0.2) is 0 Å². The van der Waals surface area contributed by atoms with E-state index < -0.39 is 42.0 Å². The van der Waals surface area contributed by atoms with Gasteiger partial charge in [-0.15, -0.1) is 0 Å². The molecule has 4 aliphatic rings. The molecule has 4 rings (SSSR count). The molecule has 5 atom stereocenters. The minimum Gasteiger partial charge on any atom is -0.453 e. The highest BCUT2D eigenvalue weighted by Gasteiger charge is 2.34. The molecule has 2 aliphatic carbocycles. The van der Waals surface area contributed by atoms with Crippen LogP contribution in [0.4, 0.5) is 0 Å². The molecule has 2 amide bonds. The van der Waals surface area contributed by atoms with Crippen molar-refractivity contribution in [2.24, 2.45) is 11.8 Å². The summed E-state index contributed by atoms with van der Waals surface area (Å²) < 4.78 is 10.6. The van der Waals surface area contributed by atoms with E-state index in [9.17, 15) is 19.2 Å². The first-order valence-electron chi connectivity index (χ1n) is 10.1. The zero-order valence-electron chi connectivity index (χ0n) is 16.8. The van der Waals surface area contributed by atoms with E-state index >= 15 is 0 Å². The van der Waals surface area contributed by atoms with Crippen LogP contribution in [-0.2, 0) is 28.7 Å². The zero-order valence-corrected chi connectivity index (χ0v) is 16.8. The van der Waals surface area contributed by atoms with Crippen LogP contribution in [0.5, 0.6) is 0 Å². The summed E-state index contributed by atoms with van der Waals surface area (Å²) >= 11 is 0. The van der Waals surface area contributed by atoms with E-state index in [1.807, 2.05) is 24.3 Å². The van der Waals surface area contributed by atoms with E-state index in [-0.39, 0.29) is 29.5 Å². The van der Waals surface area contributed by atoms with Crippen LogP contribution >= 0.6 is 0 Å². The summed E-state index contributed by atoms with van der Waals surface area (Å²) in [6.07, 6.45) is 16.8. The Bertz CT molecular complexity index is 1000. The Kier molecular flexibility index (Phi) is 5.70. The van der Waals surface area contributed by atoms with Gasteiger partial charge in [-0.3, -0.25) is 9.59 Å². The summed E-state index contributed by atoms with van der Waals surface area (Å²) in [7, 11) is 0. The maximum Gasteiger partial charge on any atom is 0.344 e. The predicted octanol–water partition coefficient (Wildman–Crippen LogP) is 0.795. The normalized spacial score (nSPS) is 28.9. The molecule has 0 aromatic rings. The second-order valence-corrected chi connectivity index (χ2v) is 7.68. The van der Waals surface area contributed by atoms with E-state index in [2.05, 4.69) is 10.6 Å². The molecular weight excluding hydrogens is 400 g/mol. The van der Waals surface area contributed by atoms with Gasteiger partial charge in [0.1, 0.15) is 23.4 Å². The Labute approximate surface area is 179 Å². The van der Waals surface area contributed by atoms with Crippen molar-refractivity contribution in [3.8, 4) is 0 Å². The van der Waals surface area contributed by atoms with E-state index in [0.29, 0.717) is 0 Å². The molecule has 0 saturated heterocycles. The third-order valence-electron chi connectivity index (χ3n) is 5.33. The van der Waals surface area contributed by atoms with E-state index in [0.717, 1.165) is 0 Å². The summed E-state index contributed by atoms with van der Waals surface area (Å²) in [5.74, 6) is -2.89. The zero-order chi connectivity index (χ0) is 22.0. The van der Waals surface area contributed by atoms with Crippen molar-refractivity contribution < 1.29 is 28.7 Å². The van der Waals surface area contributed by atoms with Gasteiger partial charge in [0.05, 0.1) is 0 Å². The average molecular weight is 422 g/mol. The predicted molar refractivity (Wildman–Crippen MR) is 110 cm³/mol. The average Bonchev–Trinajstić information content (AvgIpc) is 2.76. The maximum absolute atomic E-state index is 12.5. The number of ether oxygens (including phenoxy) is 2.